The lowest BCUT2D eigenvalue weighted by Gasteiger charge is -2.46. The highest BCUT2D eigenvalue weighted by Gasteiger charge is 2.60. The molecule has 0 saturated carbocycles. The van der Waals surface area contributed by atoms with Gasteiger partial charge in [0.25, 0.3) is 10.2 Å². The first-order chi connectivity index (χ1) is 16.9. The van der Waals surface area contributed by atoms with Crippen molar-refractivity contribution in [2.45, 2.75) is 50.3 Å². The van der Waals surface area contributed by atoms with Gasteiger partial charge in [0.1, 0.15) is 5.70 Å². The zero-order valence-corrected chi connectivity index (χ0v) is 22.1. The van der Waals surface area contributed by atoms with Crippen LogP contribution in [0.2, 0.25) is 0 Å². The molecule has 3 aliphatic heterocycles. The van der Waals surface area contributed by atoms with Crippen molar-refractivity contribution in [2.75, 3.05) is 25.5 Å². The molecule has 0 radical (unpaired) electrons. The van der Waals surface area contributed by atoms with E-state index in [1.807, 2.05) is 38.2 Å². The molecular formula is C23H33N5O6S2. The van der Waals surface area contributed by atoms with Crippen LogP contribution in [-0.2, 0) is 26.3 Å². The van der Waals surface area contributed by atoms with Gasteiger partial charge in [0, 0.05) is 54.5 Å². The van der Waals surface area contributed by atoms with E-state index in [2.05, 4.69) is 14.9 Å². The van der Waals surface area contributed by atoms with Crippen LogP contribution in [0.25, 0.3) is 0 Å². The Morgan fingerprint density at radius 1 is 1.36 bits per heavy atom. The smallest absolute Gasteiger partial charge is 0.353 e. The Balaban J connectivity index is 1.55. The molecule has 6 atom stereocenters. The SMILES string of the molecule is CNc1cccc(CN2C[C@@H](SC3=C(C(=O)O)N4C(=O)[C@H]([C@@H](C)O)[C@H]4[C@H]3C)C[C@H]2CNS(N)(=O)=O)c1. The minimum absolute atomic E-state index is 0.00113. The summed E-state index contributed by atoms with van der Waals surface area (Å²) < 4.78 is 25.5. The molecule has 198 valence electrons. The number of carboxylic acids is 1. The number of hydrogen-bond donors (Lipinski definition) is 5. The predicted molar refractivity (Wildman–Crippen MR) is 137 cm³/mol. The van der Waals surface area contributed by atoms with Crippen LogP contribution in [0.3, 0.4) is 0 Å². The van der Waals surface area contributed by atoms with Crippen molar-refractivity contribution in [3.05, 3.63) is 40.4 Å². The third-order valence-corrected chi connectivity index (χ3v) is 9.28. The lowest BCUT2D eigenvalue weighted by atomic mass is 9.79. The third-order valence-electron chi connectivity index (χ3n) is 7.22. The standard InChI is InChI=1S/C23H33N5O6S2/c1-12-19-18(13(2)29)22(30)28(19)20(23(31)32)21(12)35-17-8-16(9-26-36(24,33)34)27(11-17)10-14-5-4-6-15(7-14)25-3/h4-7,12-13,16-19,25-26,29H,8-11H2,1-3H3,(H,31,32)(H2,24,33,34)/t12-,13-,16+,17+,18-,19-/m1/s1. The second-order valence-corrected chi connectivity index (χ2v) is 12.4. The van der Waals surface area contributed by atoms with E-state index in [0.29, 0.717) is 24.4 Å². The summed E-state index contributed by atoms with van der Waals surface area (Å²) in [5.74, 6) is -2.35. The Hall–Kier alpha value is -2.16. The molecule has 3 heterocycles. The number of fused-ring (bicyclic) bond motifs is 1. The Kier molecular flexibility index (Phi) is 7.70. The fourth-order valence-corrected chi connectivity index (χ4v) is 7.58. The summed E-state index contributed by atoms with van der Waals surface area (Å²) >= 11 is 1.44. The van der Waals surface area contributed by atoms with Gasteiger partial charge in [0.2, 0.25) is 5.91 Å². The Morgan fingerprint density at radius 2 is 2.08 bits per heavy atom. The predicted octanol–water partition coefficient (Wildman–Crippen LogP) is 0.351. The molecule has 0 aromatic heterocycles. The lowest BCUT2D eigenvalue weighted by molar-refractivity contribution is -0.163. The number of nitrogens with two attached hydrogens (primary N) is 1. The van der Waals surface area contributed by atoms with Gasteiger partial charge in [-0.1, -0.05) is 19.1 Å². The molecule has 6 N–H and O–H groups in total. The number of likely N-dealkylation sites (tertiary alicyclic amines) is 1. The Morgan fingerprint density at radius 3 is 2.69 bits per heavy atom. The minimum atomic E-state index is -3.86. The van der Waals surface area contributed by atoms with E-state index in [1.165, 1.54) is 16.7 Å². The van der Waals surface area contributed by atoms with Crippen molar-refractivity contribution in [1.82, 2.24) is 14.5 Å². The average Bonchev–Trinajstić information content (AvgIpc) is 3.28. The van der Waals surface area contributed by atoms with E-state index in [1.54, 1.807) is 6.92 Å². The van der Waals surface area contributed by atoms with Gasteiger partial charge < -0.3 is 20.4 Å². The topological polar surface area (TPSA) is 165 Å². The van der Waals surface area contributed by atoms with E-state index in [0.717, 1.165) is 11.3 Å². The number of hydrogen-bond acceptors (Lipinski definition) is 8. The highest BCUT2D eigenvalue weighted by Crippen LogP contribution is 2.52. The number of aliphatic carboxylic acids is 1. The summed E-state index contributed by atoms with van der Waals surface area (Å²) in [5.41, 5.74) is 2.02. The van der Waals surface area contributed by atoms with Crippen LogP contribution in [0.1, 0.15) is 25.8 Å². The number of rotatable bonds is 10. The molecule has 11 nitrogen and oxygen atoms in total. The van der Waals surface area contributed by atoms with Crippen LogP contribution in [0, 0.1) is 11.8 Å². The molecule has 0 unspecified atom stereocenters. The molecule has 2 saturated heterocycles. The molecule has 36 heavy (non-hydrogen) atoms. The number of amides is 1. The number of thioether (sulfide) groups is 1. The van der Waals surface area contributed by atoms with Crippen molar-refractivity contribution < 1.29 is 28.2 Å². The van der Waals surface area contributed by atoms with Crippen molar-refractivity contribution in [3.8, 4) is 0 Å². The number of nitrogens with zero attached hydrogens (tertiary/aromatic N) is 2. The first-order valence-electron chi connectivity index (χ1n) is 11.8. The largest absolute Gasteiger partial charge is 0.477 e. The normalized spacial score (nSPS) is 29.3. The number of carbonyl (C=O) groups excluding carboxylic acids is 1. The maximum Gasteiger partial charge on any atom is 0.353 e. The fraction of sp³-hybridized carbons (Fsp3) is 0.565. The summed E-state index contributed by atoms with van der Waals surface area (Å²) in [5, 5.41) is 28.3. The molecular weight excluding hydrogens is 506 g/mol. The van der Waals surface area contributed by atoms with Crippen LogP contribution < -0.4 is 15.2 Å². The summed E-state index contributed by atoms with van der Waals surface area (Å²) in [6.45, 7) is 4.78. The zero-order chi connectivity index (χ0) is 26.4. The van der Waals surface area contributed by atoms with Gasteiger partial charge in [-0.05, 0) is 31.0 Å². The number of anilines is 1. The number of nitrogens with one attached hydrogen (secondary N) is 2. The summed E-state index contributed by atoms with van der Waals surface area (Å²) in [6.07, 6.45) is -0.245. The molecule has 1 aromatic rings. The van der Waals surface area contributed by atoms with Crippen LogP contribution in [0.5, 0.6) is 0 Å². The van der Waals surface area contributed by atoms with E-state index < -0.39 is 28.2 Å². The fourth-order valence-electron chi connectivity index (χ4n) is 5.56. The van der Waals surface area contributed by atoms with Gasteiger partial charge >= 0.3 is 5.97 Å². The molecule has 1 amide bonds. The van der Waals surface area contributed by atoms with Crippen molar-refractivity contribution in [3.63, 3.8) is 0 Å². The Bertz CT molecular complexity index is 1170. The highest BCUT2D eigenvalue weighted by atomic mass is 32.2. The van der Waals surface area contributed by atoms with Crippen LogP contribution in [0.15, 0.2) is 34.9 Å². The van der Waals surface area contributed by atoms with Crippen molar-refractivity contribution >= 4 is 39.5 Å². The molecule has 1 aromatic carbocycles. The first kappa shape index (κ1) is 26.9. The molecule has 2 fully saturated rings. The van der Waals surface area contributed by atoms with Crippen LogP contribution in [0.4, 0.5) is 5.69 Å². The van der Waals surface area contributed by atoms with Crippen LogP contribution >= 0.6 is 11.8 Å². The van der Waals surface area contributed by atoms with E-state index in [9.17, 15) is 28.2 Å². The number of aliphatic hydroxyl groups is 1. The first-order valence-corrected chi connectivity index (χ1v) is 14.3. The van der Waals surface area contributed by atoms with E-state index >= 15 is 0 Å². The Labute approximate surface area is 215 Å². The average molecular weight is 540 g/mol. The maximum atomic E-state index is 12.6. The molecule has 3 aliphatic rings. The second-order valence-electron chi connectivity index (χ2n) is 9.67. The molecule has 0 bridgehead atoms. The molecule has 0 aliphatic carbocycles. The molecule has 0 spiro atoms. The van der Waals surface area contributed by atoms with Crippen molar-refractivity contribution in [1.29, 1.82) is 0 Å². The summed E-state index contributed by atoms with van der Waals surface area (Å²) in [6, 6.07) is 7.43. The monoisotopic (exact) mass is 539 g/mol. The minimum Gasteiger partial charge on any atom is -0.477 e. The van der Waals surface area contributed by atoms with E-state index in [-0.39, 0.29) is 41.4 Å². The third kappa shape index (κ3) is 5.27. The molecule has 13 heteroatoms. The maximum absolute atomic E-state index is 12.6. The number of carbonyl (C=O) groups is 2. The quantitative estimate of drug-likeness (QED) is 0.264. The number of carboxylic acid groups (broad SMARTS) is 1. The number of β-lactam (4-membered cyclic amide) rings is 1. The van der Waals surface area contributed by atoms with Gasteiger partial charge in [-0.3, -0.25) is 9.69 Å². The molecule has 4 rings (SSSR count). The van der Waals surface area contributed by atoms with Gasteiger partial charge in [-0.15, -0.1) is 11.8 Å². The lowest BCUT2D eigenvalue weighted by Crippen LogP contribution is -2.63. The number of benzene rings is 1. The summed E-state index contributed by atoms with van der Waals surface area (Å²) in [7, 11) is -2.02. The number of aliphatic hydroxyl groups excluding tert-OH is 1. The summed E-state index contributed by atoms with van der Waals surface area (Å²) in [4.78, 5) is 28.9. The van der Waals surface area contributed by atoms with Gasteiger partial charge in [-0.25, -0.2) is 14.7 Å². The second kappa shape index (κ2) is 10.3. The van der Waals surface area contributed by atoms with Crippen LogP contribution in [-0.4, -0.2) is 83.9 Å². The van der Waals surface area contributed by atoms with Gasteiger partial charge in [0.15, 0.2) is 0 Å². The van der Waals surface area contributed by atoms with Crippen molar-refractivity contribution in [2.24, 2.45) is 17.0 Å². The zero-order valence-electron chi connectivity index (χ0n) is 20.4. The highest BCUT2D eigenvalue weighted by molar-refractivity contribution is 8.03. The van der Waals surface area contributed by atoms with E-state index in [4.69, 9.17) is 5.14 Å². The van der Waals surface area contributed by atoms with Gasteiger partial charge in [0.05, 0.1) is 18.1 Å². The van der Waals surface area contributed by atoms with Gasteiger partial charge in [-0.2, -0.15) is 8.42 Å².